The molecule has 2 N–H and O–H groups in total. The molecule has 7 rings (SSSR count). The number of esters is 1. The average molecular weight is 683 g/mol. The smallest absolute Gasteiger partial charge is 0.313 e. The summed E-state index contributed by atoms with van der Waals surface area (Å²) in [4.78, 5) is 59.9. The molecule has 3 amide bonds. The number of nitrogens with one attached hydrogen (secondary N) is 1. The molecule has 2 aromatic carbocycles. The lowest BCUT2D eigenvalue weighted by atomic mass is 9.77. The van der Waals surface area contributed by atoms with E-state index in [4.69, 9.17) is 9.47 Å². The second-order valence-electron chi connectivity index (χ2n) is 13.4. The summed E-state index contributed by atoms with van der Waals surface area (Å²) in [6, 6.07) is 15.1. The van der Waals surface area contributed by atoms with Gasteiger partial charge in [-0.1, -0.05) is 72.0 Å². The molecule has 0 radical (unpaired) electrons. The first kappa shape index (κ1) is 33.6. The summed E-state index contributed by atoms with van der Waals surface area (Å²) in [5.74, 6) is -3.59. The van der Waals surface area contributed by atoms with E-state index in [9.17, 15) is 24.3 Å². The third-order valence-electron chi connectivity index (χ3n) is 10.2. The van der Waals surface area contributed by atoms with Crippen LogP contribution in [0, 0.1) is 11.8 Å². The predicted molar refractivity (Wildman–Crippen MR) is 181 cm³/mol. The number of fused-ring (bicyclic) bond motifs is 3. The molecule has 0 saturated carbocycles. The maximum Gasteiger partial charge on any atom is 0.313 e. The number of carbonyl (C=O) groups is 4. The van der Waals surface area contributed by atoms with Gasteiger partial charge in [0, 0.05) is 26.1 Å². The number of aliphatic hydroxyl groups is 1. The fraction of sp³-hybridized carbons (Fsp3) is 0.459. The fourth-order valence-electron chi connectivity index (χ4n) is 7.87. The van der Waals surface area contributed by atoms with Crippen molar-refractivity contribution in [1.29, 1.82) is 0 Å². The maximum absolute atomic E-state index is 14.7. The van der Waals surface area contributed by atoms with Crippen molar-refractivity contribution >= 4 is 34.7 Å². The number of benzene rings is 2. The van der Waals surface area contributed by atoms with Gasteiger partial charge in [-0.3, -0.25) is 19.2 Å². The number of nitrogens with zero attached hydrogens (tertiary/aromatic N) is 5. The van der Waals surface area contributed by atoms with Gasteiger partial charge in [0.25, 0.3) is 5.91 Å². The van der Waals surface area contributed by atoms with Crippen LogP contribution < -0.4 is 5.32 Å². The number of carbonyl (C=O) groups excluding carboxylic acids is 4. The number of hydrogen-bond acceptors (Lipinski definition) is 9. The van der Waals surface area contributed by atoms with Gasteiger partial charge in [0.15, 0.2) is 0 Å². The van der Waals surface area contributed by atoms with Crippen LogP contribution in [-0.4, -0.2) is 97.1 Å². The van der Waals surface area contributed by atoms with Crippen molar-refractivity contribution in [1.82, 2.24) is 30.1 Å². The van der Waals surface area contributed by atoms with E-state index in [2.05, 4.69) is 15.6 Å². The zero-order chi connectivity index (χ0) is 34.8. The number of unbranched alkanes of at least 4 members (excludes halogenated alkanes) is 2. The second-order valence-corrected chi connectivity index (χ2v) is 13.4. The minimum Gasteiger partial charge on any atom is -0.455 e. The van der Waals surface area contributed by atoms with Crippen LogP contribution in [-0.2, 0) is 35.3 Å². The van der Waals surface area contributed by atoms with Gasteiger partial charge in [0.05, 0.1) is 23.6 Å². The molecule has 1 spiro atoms. The molecule has 0 bridgehead atoms. The van der Waals surface area contributed by atoms with E-state index in [1.165, 1.54) is 0 Å². The number of aliphatic hydroxyl groups excluding tert-OH is 1. The Morgan fingerprint density at radius 2 is 1.78 bits per heavy atom. The molecular formula is C37H42N6O7. The van der Waals surface area contributed by atoms with Gasteiger partial charge < -0.3 is 29.7 Å². The molecule has 2 saturated heterocycles. The van der Waals surface area contributed by atoms with Crippen molar-refractivity contribution in [2.75, 3.05) is 19.7 Å². The van der Waals surface area contributed by atoms with Crippen molar-refractivity contribution in [3.05, 3.63) is 84.5 Å². The molecule has 13 heteroatoms. The van der Waals surface area contributed by atoms with E-state index in [0.717, 1.165) is 5.52 Å². The van der Waals surface area contributed by atoms with E-state index in [-0.39, 0.29) is 50.5 Å². The molecule has 4 aliphatic rings. The number of ether oxygens (including phenoxy) is 2. The first-order valence-electron chi connectivity index (χ1n) is 17.4. The van der Waals surface area contributed by atoms with Crippen LogP contribution in [0.15, 0.2) is 78.9 Å². The molecular weight excluding hydrogens is 640 g/mol. The summed E-state index contributed by atoms with van der Waals surface area (Å²) in [5, 5.41) is 20.9. The number of para-hydroxylation sites is 1. The molecule has 50 heavy (non-hydrogen) atoms. The lowest BCUT2D eigenvalue weighted by molar-refractivity contribution is -0.161. The van der Waals surface area contributed by atoms with Gasteiger partial charge >= 0.3 is 5.97 Å². The molecule has 262 valence electrons. The molecule has 3 aromatic rings. The maximum atomic E-state index is 14.7. The van der Waals surface area contributed by atoms with E-state index >= 15 is 0 Å². The second kappa shape index (κ2) is 14.2. The van der Waals surface area contributed by atoms with Crippen molar-refractivity contribution in [2.45, 2.75) is 75.6 Å². The Morgan fingerprint density at radius 1 is 0.980 bits per heavy atom. The largest absolute Gasteiger partial charge is 0.455 e. The van der Waals surface area contributed by atoms with E-state index in [1.54, 1.807) is 39.6 Å². The highest BCUT2D eigenvalue weighted by Crippen LogP contribution is 2.53. The quantitative estimate of drug-likeness (QED) is 0.207. The Hall–Kier alpha value is -4.88. The molecule has 13 nitrogen and oxygen atoms in total. The Kier molecular flexibility index (Phi) is 9.52. The predicted octanol–water partition coefficient (Wildman–Crippen LogP) is 2.67. The number of amides is 3. The van der Waals surface area contributed by atoms with Gasteiger partial charge in [-0.2, -0.15) is 0 Å². The third kappa shape index (κ3) is 6.09. The summed E-state index contributed by atoms with van der Waals surface area (Å²) in [7, 11) is 0. The van der Waals surface area contributed by atoms with Gasteiger partial charge in [-0.05, 0) is 50.3 Å². The van der Waals surface area contributed by atoms with Gasteiger partial charge in [-0.15, -0.1) is 5.10 Å². The Labute approximate surface area is 289 Å². The van der Waals surface area contributed by atoms with Crippen LogP contribution in [0.2, 0.25) is 0 Å². The van der Waals surface area contributed by atoms with Crippen molar-refractivity contribution in [3.63, 3.8) is 0 Å². The van der Waals surface area contributed by atoms with E-state index in [0.29, 0.717) is 36.8 Å². The number of rotatable bonds is 8. The van der Waals surface area contributed by atoms with E-state index in [1.807, 2.05) is 60.7 Å². The van der Waals surface area contributed by atoms with Crippen LogP contribution in [0.25, 0.3) is 11.0 Å². The molecule has 4 aliphatic heterocycles. The standard InChI is InChI=1S/C37H42N6O7/c1-24-32(25-13-4-2-5-14-25)49-36(48)30-28(17-8-9-18-29(45)38-24)50-37-19-12-20-41(23-43-27-16-7-6-15-26(27)39-40-43)35(47)33(37)42(34(46)31(30)37)21-10-3-11-22-44/h2,4-8,12-17,19,24,28,30-33,44H,3,9-11,18,20-23H2,1H3,(H,38,45)/b17-8-/t24-,28-,30+,31+,32+,33-,37+/m1/s1. The Morgan fingerprint density at radius 3 is 2.60 bits per heavy atom. The normalized spacial score (nSPS) is 30.5. The van der Waals surface area contributed by atoms with Crippen LogP contribution >= 0.6 is 0 Å². The summed E-state index contributed by atoms with van der Waals surface area (Å²) >= 11 is 0. The first-order chi connectivity index (χ1) is 24.3. The van der Waals surface area contributed by atoms with Crippen LogP contribution in [0.1, 0.15) is 50.7 Å². The highest BCUT2D eigenvalue weighted by molar-refractivity contribution is 5.99. The molecule has 2 fully saturated rings. The molecule has 0 unspecified atom stereocenters. The molecule has 0 aliphatic carbocycles. The van der Waals surface area contributed by atoms with Gasteiger partial charge in [0.2, 0.25) is 11.8 Å². The van der Waals surface area contributed by atoms with Gasteiger partial charge in [-0.25, -0.2) is 4.68 Å². The number of aromatic nitrogens is 3. The lowest BCUT2D eigenvalue weighted by Crippen LogP contribution is -2.55. The minimum atomic E-state index is -1.45. The number of cyclic esters (lactones) is 1. The third-order valence-corrected chi connectivity index (χ3v) is 10.2. The van der Waals surface area contributed by atoms with Crippen molar-refractivity contribution in [3.8, 4) is 0 Å². The molecule has 7 atom stereocenters. The zero-order valence-corrected chi connectivity index (χ0v) is 28.0. The van der Waals surface area contributed by atoms with Crippen LogP contribution in [0.4, 0.5) is 0 Å². The topological polar surface area (TPSA) is 156 Å². The number of allylic oxidation sites excluding steroid dienone is 1. The first-order valence-corrected chi connectivity index (χ1v) is 17.4. The monoisotopic (exact) mass is 682 g/mol. The zero-order valence-electron chi connectivity index (χ0n) is 28.0. The highest BCUT2D eigenvalue weighted by Gasteiger charge is 2.71. The van der Waals surface area contributed by atoms with Crippen molar-refractivity contribution < 1.29 is 33.8 Å². The summed E-state index contributed by atoms with van der Waals surface area (Å²) < 4.78 is 14.7. The Balaban J connectivity index is 1.27. The lowest BCUT2D eigenvalue weighted by Gasteiger charge is -2.35. The fourth-order valence-corrected chi connectivity index (χ4v) is 7.87. The SMILES string of the molecule is C[C@H]1NC(=O)CC/C=C\[C@H]2O[C@]34C=CCN(Cn5nnc6ccccc65)C(=O)[C@H]3N(CCCCCO)C(=O)[C@@H]4[C@H]2C(=O)O[C@@H]1c1ccccc1. The highest BCUT2D eigenvalue weighted by atomic mass is 16.6. The summed E-state index contributed by atoms with van der Waals surface area (Å²) in [5.41, 5.74) is 0.712. The summed E-state index contributed by atoms with van der Waals surface area (Å²) in [6.07, 6.45) is 7.83. The van der Waals surface area contributed by atoms with E-state index < -0.39 is 47.7 Å². The van der Waals surface area contributed by atoms with Crippen molar-refractivity contribution in [2.24, 2.45) is 11.8 Å². The number of likely N-dealkylation sites (tertiary alicyclic amines) is 1. The average Bonchev–Trinajstić information content (AvgIpc) is 3.71. The Bertz CT molecular complexity index is 1810. The van der Waals surface area contributed by atoms with Crippen LogP contribution in [0.5, 0.6) is 0 Å². The van der Waals surface area contributed by atoms with Gasteiger partial charge in [0.1, 0.15) is 35.9 Å². The van der Waals surface area contributed by atoms with Crippen LogP contribution in [0.3, 0.4) is 0 Å². The minimum absolute atomic E-state index is 0.0255. The number of hydrogen-bond donors (Lipinski definition) is 2. The summed E-state index contributed by atoms with van der Waals surface area (Å²) in [6.45, 7) is 2.39. The molecule has 1 aromatic heterocycles. The molecule has 5 heterocycles.